The van der Waals surface area contributed by atoms with E-state index in [0.717, 1.165) is 29.5 Å². The predicted octanol–water partition coefficient (Wildman–Crippen LogP) is 9.12. The second kappa shape index (κ2) is 14.5. The number of thiazole rings is 1. The molecule has 0 saturated heterocycles. The first-order valence-corrected chi connectivity index (χ1v) is 14.5. The Hall–Kier alpha value is -3.26. The van der Waals surface area contributed by atoms with Crippen molar-refractivity contribution in [1.29, 1.82) is 0 Å². The van der Waals surface area contributed by atoms with Crippen LogP contribution in [-0.2, 0) is 22.1 Å². The molecule has 0 unspecified atom stereocenters. The van der Waals surface area contributed by atoms with E-state index in [4.69, 9.17) is 10.5 Å². The Labute approximate surface area is 259 Å². The number of halogens is 6. The SMILES string of the molecule is CC(C)(C)OC(=O)N(CCCc1ccc(C(F)(F)F)cc1)c1nc(-c2cccc(F)c2F)c(Br)s1.CC(C)(C)OC(N)=O. The molecule has 0 fully saturated rings. The number of anilines is 1. The Kier molecular flexibility index (Phi) is 12.1. The largest absolute Gasteiger partial charge is 0.444 e. The van der Waals surface area contributed by atoms with E-state index >= 15 is 0 Å². The highest BCUT2D eigenvalue weighted by Crippen LogP contribution is 2.39. The monoisotopic (exact) mass is 693 g/mol. The van der Waals surface area contributed by atoms with Gasteiger partial charge in [0.15, 0.2) is 16.8 Å². The molecule has 0 aliphatic rings. The third-order valence-corrected chi connectivity index (χ3v) is 6.89. The summed E-state index contributed by atoms with van der Waals surface area (Å²) in [6.07, 6.45) is -5.03. The average molecular weight is 695 g/mol. The number of aryl methyl sites for hydroxylation is 1. The summed E-state index contributed by atoms with van der Waals surface area (Å²) >= 11 is 4.37. The third kappa shape index (κ3) is 11.7. The number of carbonyl (C=O) groups excluding carboxylic acids is 2. The van der Waals surface area contributed by atoms with Gasteiger partial charge >= 0.3 is 18.4 Å². The van der Waals surface area contributed by atoms with Gasteiger partial charge in [0.2, 0.25) is 0 Å². The van der Waals surface area contributed by atoms with Crippen molar-refractivity contribution < 1.29 is 41.0 Å². The number of nitrogens with two attached hydrogens (primary N) is 1. The lowest BCUT2D eigenvalue weighted by molar-refractivity contribution is -0.137. The van der Waals surface area contributed by atoms with Crippen molar-refractivity contribution in [3.05, 3.63) is 69.0 Å². The maximum atomic E-state index is 14.3. The molecule has 14 heteroatoms. The van der Waals surface area contributed by atoms with Crippen LogP contribution in [0.1, 0.15) is 59.1 Å². The lowest BCUT2D eigenvalue weighted by Crippen LogP contribution is -2.37. The number of ether oxygens (including phenoxy) is 2. The van der Waals surface area contributed by atoms with Crippen LogP contribution in [0, 0.1) is 11.6 Å². The van der Waals surface area contributed by atoms with Gasteiger partial charge in [-0.25, -0.2) is 23.4 Å². The minimum absolute atomic E-state index is 0.0618. The molecular formula is C29H33BrF5N3O4S. The van der Waals surface area contributed by atoms with Crippen molar-refractivity contribution in [3.8, 4) is 11.3 Å². The van der Waals surface area contributed by atoms with E-state index in [2.05, 4.69) is 25.7 Å². The van der Waals surface area contributed by atoms with Gasteiger partial charge in [0.1, 0.15) is 16.9 Å². The molecule has 236 valence electrons. The third-order valence-electron chi connectivity index (χ3n) is 5.16. The van der Waals surface area contributed by atoms with Crippen molar-refractivity contribution in [1.82, 2.24) is 4.98 Å². The van der Waals surface area contributed by atoms with Crippen LogP contribution < -0.4 is 10.6 Å². The van der Waals surface area contributed by atoms with Gasteiger partial charge in [0.25, 0.3) is 0 Å². The van der Waals surface area contributed by atoms with Gasteiger partial charge in [0.05, 0.1) is 9.35 Å². The smallest absolute Gasteiger partial charge is 0.416 e. The van der Waals surface area contributed by atoms with Gasteiger partial charge < -0.3 is 15.2 Å². The van der Waals surface area contributed by atoms with Crippen LogP contribution in [0.3, 0.4) is 0 Å². The van der Waals surface area contributed by atoms with Gasteiger partial charge in [-0.3, -0.25) is 4.90 Å². The van der Waals surface area contributed by atoms with Crippen LogP contribution in [0.15, 0.2) is 46.3 Å². The number of rotatable bonds is 6. The molecule has 3 rings (SSSR count). The normalized spacial score (nSPS) is 11.8. The lowest BCUT2D eigenvalue weighted by atomic mass is 10.1. The van der Waals surface area contributed by atoms with E-state index in [1.165, 1.54) is 29.2 Å². The summed E-state index contributed by atoms with van der Waals surface area (Å²) in [5.41, 5.74) is 3.48. The number of hydrogen-bond acceptors (Lipinski definition) is 6. The fourth-order valence-corrected chi connectivity index (χ4v) is 5.01. The molecule has 0 atom stereocenters. The molecule has 2 aromatic carbocycles. The van der Waals surface area contributed by atoms with E-state index in [9.17, 15) is 31.5 Å². The minimum atomic E-state index is -4.41. The molecular weight excluding hydrogens is 661 g/mol. The number of primary amides is 1. The summed E-state index contributed by atoms with van der Waals surface area (Å²) in [6, 6.07) is 8.54. The zero-order valence-corrected chi connectivity index (χ0v) is 26.8. The van der Waals surface area contributed by atoms with Crippen molar-refractivity contribution >= 4 is 44.6 Å². The Morgan fingerprint density at radius 1 is 0.953 bits per heavy atom. The fraction of sp³-hybridized carbons (Fsp3) is 0.414. The first-order valence-electron chi connectivity index (χ1n) is 12.9. The van der Waals surface area contributed by atoms with Crippen molar-refractivity contribution in [3.63, 3.8) is 0 Å². The second-order valence-corrected chi connectivity index (χ2v) is 13.5. The summed E-state index contributed by atoms with van der Waals surface area (Å²) in [4.78, 5) is 28.6. The van der Waals surface area contributed by atoms with Gasteiger partial charge in [-0.15, -0.1) is 0 Å². The molecule has 43 heavy (non-hydrogen) atoms. The van der Waals surface area contributed by atoms with Crippen LogP contribution in [-0.4, -0.2) is 34.9 Å². The molecule has 0 bridgehead atoms. The van der Waals surface area contributed by atoms with Gasteiger partial charge in [-0.1, -0.05) is 29.5 Å². The Bertz CT molecular complexity index is 1400. The topological polar surface area (TPSA) is 94.8 Å². The summed E-state index contributed by atoms with van der Waals surface area (Å²) in [6.45, 7) is 10.5. The van der Waals surface area contributed by atoms with Gasteiger partial charge in [-0.2, -0.15) is 13.2 Å². The van der Waals surface area contributed by atoms with E-state index in [1.54, 1.807) is 41.5 Å². The molecule has 0 aliphatic heterocycles. The zero-order valence-electron chi connectivity index (χ0n) is 24.4. The summed E-state index contributed by atoms with van der Waals surface area (Å²) in [5.74, 6) is -2.08. The van der Waals surface area contributed by atoms with Crippen LogP contribution in [0.5, 0.6) is 0 Å². The number of amides is 2. The van der Waals surface area contributed by atoms with E-state index < -0.39 is 46.8 Å². The number of aromatic nitrogens is 1. The van der Waals surface area contributed by atoms with E-state index in [1.807, 2.05) is 0 Å². The standard InChI is InChI=1S/C24H22BrF5N2O2S.C5H11NO2/c1-23(2,3)34-22(33)32(13-5-6-14-9-11-15(12-10-14)24(28,29)30)21-31-19(20(25)35-21)16-7-4-8-17(26)18(16)27;1-5(2,3)8-4(6)7/h4,7-12H,5-6,13H2,1-3H3;1-3H3,(H2,6,7). The fourth-order valence-electron chi connectivity index (χ4n) is 3.44. The van der Waals surface area contributed by atoms with Crippen LogP contribution in [0.2, 0.25) is 0 Å². The highest BCUT2D eigenvalue weighted by molar-refractivity contribution is 9.11. The number of benzene rings is 2. The highest BCUT2D eigenvalue weighted by atomic mass is 79.9. The lowest BCUT2D eigenvalue weighted by Gasteiger charge is -2.25. The quantitative estimate of drug-likeness (QED) is 0.260. The number of carbonyl (C=O) groups is 2. The molecule has 2 N–H and O–H groups in total. The summed E-state index contributed by atoms with van der Waals surface area (Å²) in [5, 5.41) is 0.206. The zero-order chi connectivity index (χ0) is 32.8. The predicted molar refractivity (Wildman–Crippen MR) is 159 cm³/mol. The molecule has 2 amide bonds. The summed E-state index contributed by atoms with van der Waals surface area (Å²) < 4.78 is 76.9. The first-order chi connectivity index (χ1) is 19.7. The average Bonchev–Trinajstić information content (AvgIpc) is 3.21. The van der Waals surface area contributed by atoms with Crippen LogP contribution in [0.4, 0.5) is 36.7 Å². The van der Waals surface area contributed by atoms with Gasteiger partial charge in [0, 0.05) is 12.1 Å². The first kappa shape index (κ1) is 35.9. The molecule has 1 aromatic heterocycles. The van der Waals surface area contributed by atoms with E-state index in [-0.39, 0.29) is 22.9 Å². The Morgan fingerprint density at radius 2 is 1.53 bits per heavy atom. The Balaban J connectivity index is 0.000000708. The van der Waals surface area contributed by atoms with Crippen LogP contribution in [0.25, 0.3) is 11.3 Å². The van der Waals surface area contributed by atoms with Crippen molar-refractivity contribution in [2.24, 2.45) is 5.73 Å². The maximum Gasteiger partial charge on any atom is 0.416 e. The molecule has 0 aliphatic carbocycles. The molecule has 1 heterocycles. The van der Waals surface area contributed by atoms with Crippen molar-refractivity contribution in [2.75, 3.05) is 11.4 Å². The Morgan fingerprint density at radius 3 is 2.02 bits per heavy atom. The van der Waals surface area contributed by atoms with Crippen molar-refractivity contribution in [2.45, 2.75) is 71.8 Å². The van der Waals surface area contributed by atoms with Gasteiger partial charge in [-0.05, 0) is 100 Å². The molecule has 0 spiro atoms. The molecule has 3 aromatic rings. The van der Waals surface area contributed by atoms with Crippen LogP contribution >= 0.6 is 27.3 Å². The molecule has 0 radical (unpaired) electrons. The van der Waals surface area contributed by atoms with E-state index in [0.29, 0.717) is 22.2 Å². The minimum Gasteiger partial charge on any atom is -0.444 e. The summed E-state index contributed by atoms with van der Waals surface area (Å²) in [7, 11) is 0. The number of nitrogens with zero attached hydrogens (tertiary/aromatic N) is 2. The number of alkyl halides is 3. The molecule has 0 saturated carbocycles. The maximum absolute atomic E-state index is 14.3. The number of hydrogen-bond donors (Lipinski definition) is 1. The highest BCUT2D eigenvalue weighted by Gasteiger charge is 2.30. The molecule has 7 nitrogen and oxygen atoms in total. The second-order valence-electron chi connectivity index (χ2n) is 11.2.